The summed E-state index contributed by atoms with van der Waals surface area (Å²) in [5, 5.41) is 15.5. The van der Waals surface area contributed by atoms with Crippen LogP contribution in [0.1, 0.15) is 30.5 Å². The van der Waals surface area contributed by atoms with Crippen LogP contribution >= 0.6 is 11.6 Å². The monoisotopic (exact) mass is 444 g/mol. The molecular weight excluding hydrogens is 432 g/mol. The number of nitrogens with zero attached hydrogens (tertiary/aromatic N) is 4. The fraction of sp³-hybridized carbons (Fsp3) is 0.333. The van der Waals surface area contributed by atoms with E-state index >= 15 is 0 Å². The number of carbonyl (C=O) groups is 2. The van der Waals surface area contributed by atoms with E-state index in [9.17, 15) is 32.3 Å². The molecule has 1 N–H and O–H groups in total. The molecule has 30 heavy (non-hydrogen) atoms. The Morgan fingerprint density at radius 1 is 1.27 bits per heavy atom. The van der Waals surface area contributed by atoms with Crippen molar-refractivity contribution in [3.63, 3.8) is 0 Å². The van der Waals surface area contributed by atoms with Crippen molar-refractivity contribution in [2.75, 3.05) is 0 Å². The Balaban J connectivity index is 1.80. The molecule has 7 nitrogen and oxygen atoms in total. The Labute approximate surface area is 171 Å². The van der Waals surface area contributed by atoms with Crippen molar-refractivity contribution in [3.05, 3.63) is 46.5 Å². The lowest BCUT2D eigenvalue weighted by atomic mass is 9.92. The second-order valence-corrected chi connectivity index (χ2v) is 7.41. The van der Waals surface area contributed by atoms with Gasteiger partial charge >= 0.3 is 12.1 Å². The third-order valence-corrected chi connectivity index (χ3v) is 5.51. The smallest absolute Gasteiger partial charge is 0.436 e. The maximum atomic E-state index is 15.0. The summed E-state index contributed by atoms with van der Waals surface area (Å²) < 4.78 is 54.4. The minimum absolute atomic E-state index is 0.0693. The first kappa shape index (κ1) is 20.3. The van der Waals surface area contributed by atoms with Crippen molar-refractivity contribution in [1.29, 1.82) is 0 Å². The summed E-state index contributed by atoms with van der Waals surface area (Å²) in [6, 6.07) is 1.01. The number of alkyl halides is 3. The van der Waals surface area contributed by atoms with E-state index < -0.39 is 41.6 Å². The minimum Gasteiger partial charge on any atom is -0.480 e. The van der Waals surface area contributed by atoms with Gasteiger partial charge in [0.25, 0.3) is 0 Å². The fourth-order valence-corrected chi connectivity index (χ4v) is 4.08. The molecule has 0 aliphatic carbocycles. The molecule has 1 aromatic heterocycles. The molecule has 1 aromatic carbocycles. The third-order valence-electron chi connectivity index (χ3n) is 5.22. The number of carbonyl (C=O) groups excluding carboxylic acids is 1. The number of carboxylic acids is 1. The zero-order valence-corrected chi connectivity index (χ0v) is 15.8. The first-order valence-corrected chi connectivity index (χ1v) is 9.19. The van der Waals surface area contributed by atoms with Gasteiger partial charge in [0.15, 0.2) is 11.5 Å². The van der Waals surface area contributed by atoms with Crippen LogP contribution in [0.2, 0.25) is 5.02 Å². The second kappa shape index (κ2) is 7.08. The van der Waals surface area contributed by atoms with Crippen molar-refractivity contribution in [2.24, 2.45) is 0 Å². The number of halogens is 5. The van der Waals surface area contributed by atoms with Gasteiger partial charge in [0.05, 0.1) is 16.9 Å². The highest BCUT2D eigenvalue weighted by molar-refractivity contribution is 6.31. The first-order chi connectivity index (χ1) is 14.1. The maximum absolute atomic E-state index is 15.0. The lowest BCUT2D eigenvalue weighted by molar-refractivity contribution is -0.148. The Hall–Kier alpha value is -2.95. The van der Waals surface area contributed by atoms with Crippen LogP contribution < -0.4 is 0 Å². The number of hydrogen-bond donors (Lipinski definition) is 1. The summed E-state index contributed by atoms with van der Waals surface area (Å²) in [6.07, 6.45) is -2.24. The SMILES string of the molecule is O=C(O)C1CCC2CC(c3c(-n4cc(C(F)(F)F)nn4)ccc(Cl)c3F)=CC(=O)N21. The van der Waals surface area contributed by atoms with Crippen LogP contribution in [0.5, 0.6) is 0 Å². The van der Waals surface area contributed by atoms with Gasteiger partial charge in [0.2, 0.25) is 5.91 Å². The van der Waals surface area contributed by atoms with Crippen LogP contribution in [0.3, 0.4) is 0 Å². The number of hydrogen-bond acceptors (Lipinski definition) is 4. The Bertz CT molecular complexity index is 1080. The largest absolute Gasteiger partial charge is 0.480 e. The molecule has 1 saturated heterocycles. The van der Waals surface area contributed by atoms with Gasteiger partial charge in [0, 0.05) is 17.7 Å². The summed E-state index contributed by atoms with van der Waals surface area (Å²) in [5.74, 6) is -2.65. The normalized spacial score (nSPS) is 21.6. The molecule has 2 aliphatic rings. The standard InChI is InChI=1S/C18H13ClF4N4O3/c19-10-2-4-11(26-7-13(24-25-26)18(21,22)23)15(16(10)20)8-5-9-1-3-12(17(29)30)27(9)14(28)6-8/h2,4,6-7,9,12H,1,3,5H2,(H,29,30). The van der Waals surface area contributed by atoms with Gasteiger partial charge in [-0.05, 0) is 37.0 Å². The van der Waals surface area contributed by atoms with Crippen molar-refractivity contribution in [2.45, 2.75) is 37.5 Å². The molecule has 2 aliphatic heterocycles. The zero-order valence-electron chi connectivity index (χ0n) is 15.0. The average molecular weight is 445 g/mol. The molecule has 0 spiro atoms. The van der Waals surface area contributed by atoms with Gasteiger partial charge in [-0.25, -0.2) is 13.9 Å². The molecular formula is C18H13ClF4N4O3. The Kier molecular flexibility index (Phi) is 4.80. The average Bonchev–Trinajstić information content (AvgIpc) is 3.30. The molecule has 1 fully saturated rings. The van der Waals surface area contributed by atoms with Crippen LogP contribution in [0.15, 0.2) is 24.4 Å². The topological polar surface area (TPSA) is 88.3 Å². The first-order valence-electron chi connectivity index (χ1n) is 8.82. The minimum atomic E-state index is -4.74. The van der Waals surface area contributed by atoms with Gasteiger partial charge in [-0.1, -0.05) is 16.8 Å². The Morgan fingerprint density at radius 3 is 2.63 bits per heavy atom. The van der Waals surface area contributed by atoms with Crippen molar-refractivity contribution >= 4 is 29.1 Å². The van der Waals surface area contributed by atoms with Crippen LogP contribution in [0.4, 0.5) is 17.6 Å². The van der Waals surface area contributed by atoms with Crippen molar-refractivity contribution in [1.82, 2.24) is 19.9 Å². The van der Waals surface area contributed by atoms with E-state index in [1.165, 1.54) is 11.0 Å². The summed E-state index contributed by atoms with van der Waals surface area (Å²) in [5.41, 5.74) is -1.30. The maximum Gasteiger partial charge on any atom is 0.436 e. The number of rotatable bonds is 3. The number of aliphatic carboxylic acids is 1. The van der Waals surface area contributed by atoms with E-state index in [0.717, 1.165) is 16.8 Å². The summed E-state index contributed by atoms with van der Waals surface area (Å²) in [4.78, 5) is 25.2. The highest BCUT2D eigenvalue weighted by atomic mass is 35.5. The highest BCUT2D eigenvalue weighted by Gasteiger charge is 2.43. The van der Waals surface area contributed by atoms with Gasteiger partial charge in [-0.3, -0.25) is 4.79 Å². The Morgan fingerprint density at radius 2 is 2.00 bits per heavy atom. The molecule has 2 atom stereocenters. The van der Waals surface area contributed by atoms with Gasteiger partial charge in [-0.15, -0.1) is 5.10 Å². The van der Waals surface area contributed by atoms with Gasteiger partial charge in [0.1, 0.15) is 6.04 Å². The van der Waals surface area contributed by atoms with Gasteiger partial charge < -0.3 is 10.0 Å². The van der Waals surface area contributed by atoms with Crippen LogP contribution in [-0.4, -0.2) is 49.0 Å². The van der Waals surface area contributed by atoms with Crippen LogP contribution in [0.25, 0.3) is 11.3 Å². The summed E-state index contributed by atoms with van der Waals surface area (Å²) in [6.45, 7) is 0. The van der Waals surface area contributed by atoms with E-state index in [1.807, 2.05) is 0 Å². The van der Waals surface area contributed by atoms with Crippen molar-refractivity contribution < 1.29 is 32.3 Å². The van der Waals surface area contributed by atoms with Crippen LogP contribution in [0, 0.1) is 5.82 Å². The van der Waals surface area contributed by atoms with Crippen LogP contribution in [-0.2, 0) is 15.8 Å². The molecule has 2 unspecified atom stereocenters. The lowest BCUT2D eigenvalue weighted by Crippen LogP contribution is -2.46. The molecule has 0 radical (unpaired) electrons. The number of amides is 1. The van der Waals surface area contributed by atoms with E-state index in [4.69, 9.17) is 11.6 Å². The predicted octanol–water partition coefficient (Wildman–Crippen LogP) is 3.31. The highest BCUT2D eigenvalue weighted by Crippen LogP contribution is 2.40. The van der Waals surface area contributed by atoms with Crippen molar-refractivity contribution in [3.8, 4) is 5.69 Å². The molecule has 3 heterocycles. The summed E-state index contributed by atoms with van der Waals surface area (Å²) in [7, 11) is 0. The molecule has 2 aromatic rings. The molecule has 0 bridgehead atoms. The quantitative estimate of drug-likeness (QED) is 0.734. The number of aromatic nitrogens is 3. The zero-order chi connectivity index (χ0) is 21.8. The number of carboxylic acid groups (broad SMARTS) is 1. The summed E-state index contributed by atoms with van der Waals surface area (Å²) >= 11 is 5.88. The third kappa shape index (κ3) is 3.32. The second-order valence-electron chi connectivity index (χ2n) is 7.01. The van der Waals surface area contributed by atoms with E-state index in [2.05, 4.69) is 10.3 Å². The van der Waals surface area contributed by atoms with E-state index in [1.54, 1.807) is 0 Å². The van der Waals surface area contributed by atoms with Gasteiger partial charge in [-0.2, -0.15) is 13.2 Å². The van der Waals surface area contributed by atoms with E-state index in [0.29, 0.717) is 12.6 Å². The number of benzene rings is 1. The molecule has 1 amide bonds. The predicted molar refractivity (Wildman–Crippen MR) is 95.2 cm³/mol. The molecule has 12 heteroatoms. The lowest BCUT2D eigenvalue weighted by Gasteiger charge is -2.32. The number of fused-ring (bicyclic) bond motifs is 1. The molecule has 158 valence electrons. The molecule has 4 rings (SSSR count). The van der Waals surface area contributed by atoms with E-state index in [-0.39, 0.29) is 34.7 Å². The molecule has 0 saturated carbocycles. The fourth-order valence-electron chi connectivity index (χ4n) is 3.92.